The summed E-state index contributed by atoms with van der Waals surface area (Å²) in [6.45, 7) is 9.16. The van der Waals surface area contributed by atoms with Crippen LogP contribution >= 0.6 is 0 Å². The summed E-state index contributed by atoms with van der Waals surface area (Å²) < 4.78 is 5.57. The summed E-state index contributed by atoms with van der Waals surface area (Å²) in [5.41, 5.74) is 4.41. The zero-order chi connectivity index (χ0) is 20.2. The monoisotopic (exact) mass is 392 g/mol. The molecule has 2 aromatic carbocycles. The van der Waals surface area contributed by atoms with Gasteiger partial charge in [0, 0.05) is 32.2 Å². The summed E-state index contributed by atoms with van der Waals surface area (Å²) in [6.07, 6.45) is 5.35. The molecule has 2 aromatic rings. The Morgan fingerprint density at radius 1 is 0.828 bits per heavy atom. The number of hydrogen-bond acceptors (Lipinski definition) is 3. The number of hydrogen-bond donors (Lipinski definition) is 0. The number of ether oxygens (including phenoxy) is 1. The summed E-state index contributed by atoms with van der Waals surface area (Å²) in [5, 5.41) is 0. The molecule has 3 nitrogen and oxygen atoms in total. The van der Waals surface area contributed by atoms with Crippen LogP contribution in [-0.2, 0) is 0 Å². The number of rotatable bonds is 5. The van der Waals surface area contributed by atoms with Crippen molar-refractivity contribution in [3.05, 3.63) is 59.7 Å². The van der Waals surface area contributed by atoms with Gasteiger partial charge in [0.15, 0.2) is 0 Å². The molecule has 4 rings (SSSR count). The first-order valence-electron chi connectivity index (χ1n) is 11.4. The molecule has 0 radical (unpaired) electrons. The van der Waals surface area contributed by atoms with Gasteiger partial charge in [-0.1, -0.05) is 50.2 Å². The molecule has 1 aliphatic heterocycles. The Balaban J connectivity index is 1.33. The van der Waals surface area contributed by atoms with E-state index in [1.54, 1.807) is 18.2 Å². The topological polar surface area (TPSA) is 15.7 Å². The molecule has 0 N–H and O–H groups in total. The van der Waals surface area contributed by atoms with Gasteiger partial charge in [0.1, 0.15) is 5.75 Å². The second-order valence-electron chi connectivity index (χ2n) is 8.98. The van der Waals surface area contributed by atoms with E-state index in [9.17, 15) is 0 Å². The Morgan fingerprint density at radius 2 is 1.48 bits per heavy atom. The molecule has 29 heavy (non-hydrogen) atoms. The smallest absolute Gasteiger partial charge is 0.142 e. The van der Waals surface area contributed by atoms with Crippen LogP contribution < -0.4 is 9.64 Å². The van der Waals surface area contributed by atoms with Crippen LogP contribution in [0, 0.1) is 0 Å². The first-order chi connectivity index (χ1) is 14.2. The van der Waals surface area contributed by atoms with Crippen molar-refractivity contribution < 1.29 is 4.74 Å². The maximum Gasteiger partial charge on any atom is 0.142 e. The fourth-order valence-corrected chi connectivity index (χ4v) is 5.38. The van der Waals surface area contributed by atoms with Crippen LogP contribution in [0.4, 0.5) is 5.69 Å². The van der Waals surface area contributed by atoms with Gasteiger partial charge in [-0.25, -0.2) is 0 Å². The fourth-order valence-electron chi connectivity index (χ4n) is 5.38. The third kappa shape index (κ3) is 4.45. The van der Waals surface area contributed by atoms with E-state index in [2.05, 4.69) is 72.2 Å². The Bertz CT molecular complexity index is 787. The van der Waals surface area contributed by atoms with Gasteiger partial charge >= 0.3 is 0 Å². The van der Waals surface area contributed by atoms with Gasteiger partial charge < -0.3 is 9.64 Å². The van der Waals surface area contributed by atoms with E-state index >= 15 is 0 Å². The van der Waals surface area contributed by atoms with Gasteiger partial charge in [-0.3, -0.25) is 4.90 Å². The summed E-state index contributed by atoms with van der Waals surface area (Å²) in [7, 11) is 1.77. The first kappa shape index (κ1) is 20.3. The second-order valence-corrected chi connectivity index (χ2v) is 8.98. The molecule has 1 heterocycles. The molecule has 2 aliphatic rings. The highest BCUT2D eigenvalue weighted by Gasteiger charge is 2.30. The zero-order valence-corrected chi connectivity index (χ0v) is 18.3. The SMILES string of the molecule is COc1ccccc1N1CCN(C2CCC(c3ccccc3C(C)C)CC2)CC1. The predicted octanol–water partition coefficient (Wildman–Crippen LogP) is 5.67. The van der Waals surface area contributed by atoms with Crippen LogP contribution in [0.5, 0.6) is 5.75 Å². The normalized spacial score (nSPS) is 23.4. The van der Waals surface area contributed by atoms with Crippen molar-refractivity contribution >= 4 is 5.69 Å². The molecule has 0 atom stereocenters. The lowest BCUT2D eigenvalue weighted by molar-refractivity contribution is 0.141. The van der Waals surface area contributed by atoms with Gasteiger partial charge in [-0.15, -0.1) is 0 Å². The van der Waals surface area contributed by atoms with Crippen molar-refractivity contribution in [2.75, 3.05) is 38.2 Å². The number of nitrogens with zero attached hydrogens (tertiary/aromatic N) is 2. The zero-order valence-electron chi connectivity index (χ0n) is 18.3. The average Bonchev–Trinajstić information content (AvgIpc) is 2.79. The Morgan fingerprint density at radius 3 is 2.17 bits per heavy atom. The van der Waals surface area contributed by atoms with Gasteiger partial charge in [-0.2, -0.15) is 0 Å². The Kier molecular flexibility index (Phi) is 6.44. The summed E-state index contributed by atoms with van der Waals surface area (Å²) in [6, 6.07) is 18.3. The molecule has 1 saturated carbocycles. The van der Waals surface area contributed by atoms with Crippen molar-refractivity contribution in [3.8, 4) is 5.75 Å². The number of piperazine rings is 1. The largest absolute Gasteiger partial charge is 0.495 e. The standard InChI is InChI=1S/C26H36N2O/c1-20(2)23-8-4-5-9-24(23)21-12-14-22(15-13-21)27-16-18-28(19-17-27)25-10-6-7-11-26(25)29-3/h4-11,20-22H,12-19H2,1-3H3. The molecule has 0 spiro atoms. The van der Waals surface area contributed by atoms with Crippen molar-refractivity contribution in [2.45, 2.75) is 57.4 Å². The lowest BCUT2D eigenvalue weighted by Crippen LogP contribution is -2.51. The predicted molar refractivity (Wildman–Crippen MR) is 122 cm³/mol. The second kappa shape index (κ2) is 9.21. The van der Waals surface area contributed by atoms with Crippen LogP contribution in [0.1, 0.15) is 62.5 Å². The lowest BCUT2D eigenvalue weighted by atomic mass is 9.78. The maximum atomic E-state index is 5.57. The summed E-state index contributed by atoms with van der Waals surface area (Å²) in [5.74, 6) is 2.36. The van der Waals surface area contributed by atoms with Crippen LogP contribution in [-0.4, -0.2) is 44.2 Å². The summed E-state index contributed by atoms with van der Waals surface area (Å²) >= 11 is 0. The van der Waals surface area contributed by atoms with E-state index in [1.807, 2.05) is 0 Å². The molecule has 1 aliphatic carbocycles. The van der Waals surface area contributed by atoms with Gasteiger partial charge in [0.05, 0.1) is 12.8 Å². The third-order valence-corrected chi connectivity index (χ3v) is 7.01. The van der Waals surface area contributed by atoms with E-state index in [1.165, 1.54) is 31.4 Å². The first-order valence-corrected chi connectivity index (χ1v) is 11.4. The van der Waals surface area contributed by atoms with E-state index < -0.39 is 0 Å². The van der Waals surface area contributed by atoms with Crippen molar-refractivity contribution in [1.29, 1.82) is 0 Å². The quantitative estimate of drug-likeness (QED) is 0.652. The number of para-hydroxylation sites is 2. The van der Waals surface area contributed by atoms with Crippen LogP contribution in [0.3, 0.4) is 0 Å². The highest BCUT2D eigenvalue weighted by Crippen LogP contribution is 2.38. The molecular weight excluding hydrogens is 356 g/mol. The van der Waals surface area contributed by atoms with E-state index in [0.717, 1.165) is 43.9 Å². The van der Waals surface area contributed by atoms with E-state index in [0.29, 0.717) is 5.92 Å². The van der Waals surface area contributed by atoms with E-state index in [-0.39, 0.29) is 0 Å². The molecule has 3 heteroatoms. The van der Waals surface area contributed by atoms with Crippen LogP contribution in [0.2, 0.25) is 0 Å². The molecule has 0 unspecified atom stereocenters. The number of benzene rings is 2. The fraction of sp³-hybridized carbons (Fsp3) is 0.538. The minimum Gasteiger partial charge on any atom is -0.495 e. The number of methoxy groups -OCH3 is 1. The molecule has 2 fully saturated rings. The minimum atomic E-state index is 0.618. The van der Waals surface area contributed by atoms with Crippen LogP contribution in [0.25, 0.3) is 0 Å². The molecule has 0 amide bonds. The van der Waals surface area contributed by atoms with Gasteiger partial charge in [0.25, 0.3) is 0 Å². The number of anilines is 1. The minimum absolute atomic E-state index is 0.618. The van der Waals surface area contributed by atoms with Crippen molar-refractivity contribution in [1.82, 2.24) is 4.90 Å². The van der Waals surface area contributed by atoms with Crippen molar-refractivity contribution in [2.24, 2.45) is 0 Å². The molecule has 0 bridgehead atoms. The third-order valence-electron chi connectivity index (χ3n) is 7.01. The molecule has 156 valence electrons. The molecule has 0 aromatic heterocycles. The average molecular weight is 393 g/mol. The van der Waals surface area contributed by atoms with Crippen molar-refractivity contribution in [3.63, 3.8) is 0 Å². The molecule has 1 saturated heterocycles. The maximum absolute atomic E-state index is 5.57. The van der Waals surface area contributed by atoms with Gasteiger partial charge in [-0.05, 0) is 60.8 Å². The molecular formula is C26H36N2O. The lowest BCUT2D eigenvalue weighted by Gasteiger charge is -2.43. The van der Waals surface area contributed by atoms with Gasteiger partial charge in [0.2, 0.25) is 0 Å². The van der Waals surface area contributed by atoms with Crippen LogP contribution in [0.15, 0.2) is 48.5 Å². The Hall–Kier alpha value is -2.00. The Labute approximate surface area is 176 Å². The summed E-state index contributed by atoms with van der Waals surface area (Å²) in [4.78, 5) is 5.23. The highest BCUT2D eigenvalue weighted by atomic mass is 16.5. The highest BCUT2D eigenvalue weighted by molar-refractivity contribution is 5.58. The van der Waals surface area contributed by atoms with E-state index in [4.69, 9.17) is 4.74 Å².